The van der Waals surface area contributed by atoms with Crippen LogP contribution in [0.1, 0.15) is 98.4 Å². The number of nitrogens with one attached hydrogen (secondary N) is 1. The number of phenols is 1. The molecule has 3 fully saturated rings. The second-order valence-electron chi connectivity index (χ2n) is 17.0. The number of carbonyl (C=O) groups excluding carboxylic acids is 4. The van der Waals surface area contributed by atoms with Crippen LogP contribution in [-0.2, 0) is 34.1 Å². The number of urea groups is 1. The van der Waals surface area contributed by atoms with Gasteiger partial charge in [0.2, 0.25) is 5.91 Å². The highest BCUT2D eigenvalue weighted by atomic mass is 16.6. The van der Waals surface area contributed by atoms with Crippen LogP contribution in [0.15, 0.2) is 103 Å². The van der Waals surface area contributed by atoms with Gasteiger partial charge in [0.25, 0.3) is 0 Å². The molecule has 8 rings (SSSR count). The molecular formula is C49H49N3O10. The smallest absolute Gasteiger partial charge is 0.329 e. The number of hydrogen-bond donors (Lipinski definition) is 4. The van der Waals surface area contributed by atoms with Crippen molar-refractivity contribution >= 4 is 35.5 Å². The molecule has 0 bridgehead atoms. The maximum absolute atomic E-state index is 16.0. The Balaban J connectivity index is 1.42. The molecule has 7 atom stereocenters. The Bertz CT molecular complexity index is 2440. The molecule has 3 heterocycles. The number of amides is 3. The molecule has 0 radical (unpaired) electrons. The fraction of sp³-hybridized carbons (Fsp3) is 0.367. The number of carboxylic acids is 1. The van der Waals surface area contributed by atoms with E-state index in [4.69, 9.17) is 9.47 Å². The summed E-state index contributed by atoms with van der Waals surface area (Å²) in [5.41, 5.74) is -1.37. The number of carbonyl (C=O) groups is 5. The monoisotopic (exact) mass is 839 g/mol. The van der Waals surface area contributed by atoms with Crippen molar-refractivity contribution in [1.29, 1.82) is 0 Å². The molecule has 320 valence electrons. The number of anilines is 1. The van der Waals surface area contributed by atoms with Gasteiger partial charge >= 0.3 is 23.9 Å². The average Bonchev–Trinajstić information content (AvgIpc) is 3.61. The van der Waals surface area contributed by atoms with Crippen molar-refractivity contribution in [3.8, 4) is 17.6 Å². The van der Waals surface area contributed by atoms with E-state index in [0.29, 0.717) is 35.1 Å². The van der Waals surface area contributed by atoms with E-state index in [1.165, 1.54) is 25.3 Å². The van der Waals surface area contributed by atoms with E-state index < -0.39 is 83.0 Å². The zero-order valence-corrected chi connectivity index (χ0v) is 34.7. The van der Waals surface area contributed by atoms with Gasteiger partial charge < -0.3 is 30.1 Å². The third-order valence-corrected chi connectivity index (χ3v) is 12.9. The number of fused-ring (bicyclic) bond motifs is 3. The van der Waals surface area contributed by atoms with Gasteiger partial charge in [0.1, 0.15) is 40.9 Å². The zero-order chi connectivity index (χ0) is 43.9. The zero-order valence-electron chi connectivity index (χ0n) is 34.7. The van der Waals surface area contributed by atoms with E-state index in [1.54, 1.807) is 55.1 Å². The van der Waals surface area contributed by atoms with Crippen LogP contribution >= 0.6 is 0 Å². The van der Waals surface area contributed by atoms with Gasteiger partial charge in [-0.1, -0.05) is 111 Å². The van der Waals surface area contributed by atoms with Crippen LogP contribution in [0.25, 0.3) is 0 Å². The number of aliphatic hydroxyl groups is 1. The van der Waals surface area contributed by atoms with Crippen LogP contribution in [-0.4, -0.2) is 74.9 Å². The topological polar surface area (TPSA) is 183 Å². The highest BCUT2D eigenvalue weighted by Gasteiger charge is 2.76. The lowest BCUT2D eigenvalue weighted by atomic mass is 9.65. The molecule has 0 aromatic heterocycles. The molecule has 3 amide bonds. The molecule has 13 heteroatoms. The van der Waals surface area contributed by atoms with Crippen LogP contribution in [0.3, 0.4) is 0 Å². The molecule has 3 aliphatic heterocycles. The minimum Gasteiger partial charge on any atom is -0.508 e. The molecule has 7 unspecified atom stereocenters. The lowest BCUT2D eigenvalue weighted by Gasteiger charge is -2.46. The number of aromatic hydroxyl groups is 1. The molecular weight excluding hydrogens is 791 g/mol. The van der Waals surface area contributed by atoms with Crippen molar-refractivity contribution in [2.45, 2.75) is 93.7 Å². The van der Waals surface area contributed by atoms with Crippen molar-refractivity contribution in [3.63, 3.8) is 0 Å². The second-order valence-corrected chi connectivity index (χ2v) is 17.0. The maximum Gasteiger partial charge on any atom is 0.329 e. The molecule has 62 heavy (non-hydrogen) atoms. The number of cyclic esters (lactones) is 1. The molecule has 1 aliphatic carbocycles. The van der Waals surface area contributed by atoms with Gasteiger partial charge in [-0.2, -0.15) is 0 Å². The van der Waals surface area contributed by atoms with E-state index in [0.717, 1.165) is 30.6 Å². The van der Waals surface area contributed by atoms with Crippen molar-refractivity contribution in [1.82, 2.24) is 10.2 Å². The molecule has 4 aromatic rings. The SMILES string of the molecule is COC(=O)C(NC(=O)N1C(=O)C2(c3cc(C#CC4(O)CCCCCC4)ccc31)C(C(=O)O)C1C(=O)OC(c3ccccc3)C(c3ccccc3)N1C2c1ccc(O)cc1)C(C)C. The van der Waals surface area contributed by atoms with Gasteiger partial charge in [0.15, 0.2) is 0 Å². The summed E-state index contributed by atoms with van der Waals surface area (Å²) in [6, 6.07) is 23.0. The first kappa shape index (κ1) is 42.2. The number of benzene rings is 4. The van der Waals surface area contributed by atoms with Gasteiger partial charge in [-0.3, -0.25) is 19.3 Å². The Morgan fingerprint density at radius 1 is 0.839 bits per heavy atom. The predicted octanol–water partition coefficient (Wildman–Crippen LogP) is 6.49. The van der Waals surface area contributed by atoms with Gasteiger partial charge in [0, 0.05) is 5.56 Å². The Morgan fingerprint density at radius 3 is 2.06 bits per heavy atom. The predicted molar refractivity (Wildman–Crippen MR) is 226 cm³/mol. The summed E-state index contributed by atoms with van der Waals surface area (Å²) in [5, 5.41) is 36.3. The summed E-state index contributed by atoms with van der Waals surface area (Å²) in [5.74, 6) is -0.339. The maximum atomic E-state index is 16.0. The largest absolute Gasteiger partial charge is 0.508 e. The van der Waals surface area contributed by atoms with Gasteiger partial charge in [-0.05, 0) is 84.2 Å². The van der Waals surface area contributed by atoms with Crippen LogP contribution in [0.2, 0.25) is 0 Å². The molecule has 4 N–H and O–H groups in total. The number of hydrogen-bond acceptors (Lipinski definition) is 10. The number of esters is 2. The number of rotatable bonds is 7. The van der Waals surface area contributed by atoms with E-state index in [2.05, 4.69) is 17.2 Å². The van der Waals surface area contributed by atoms with Crippen LogP contribution < -0.4 is 10.2 Å². The Morgan fingerprint density at radius 2 is 1.47 bits per heavy atom. The van der Waals surface area contributed by atoms with E-state index in [1.807, 2.05) is 48.5 Å². The Hall–Kier alpha value is -6.49. The van der Waals surface area contributed by atoms with Crippen molar-refractivity contribution in [3.05, 3.63) is 131 Å². The fourth-order valence-corrected chi connectivity index (χ4v) is 10.1. The fourth-order valence-electron chi connectivity index (χ4n) is 10.1. The van der Waals surface area contributed by atoms with Gasteiger partial charge in [0.05, 0.1) is 24.9 Å². The molecule has 13 nitrogen and oxygen atoms in total. The van der Waals surface area contributed by atoms with Gasteiger partial charge in [-0.15, -0.1) is 0 Å². The highest BCUT2D eigenvalue weighted by molar-refractivity contribution is 6.24. The van der Waals surface area contributed by atoms with E-state index >= 15 is 4.79 Å². The quantitative estimate of drug-likeness (QED) is 0.0908. The summed E-state index contributed by atoms with van der Waals surface area (Å²) in [6.07, 6.45) is 3.53. The van der Waals surface area contributed by atoms with Crippen LogP contribution in [0.4, 0.5) is 10.5 Å². The van der Waals surface area contributed by atoms with Crippen LogP contribution in [0, 0.1) is 23.7 Å². The minimum atomic E-state index is -2.24. The first-order chi connectivity index (χ1) is 29.8. The molecule has 4 aromatic carbocycles. The number of phenolic OH excluding ortho intramolecular Hbond substituents is 1. The number of aliphatic carboxylic acids is 1. The summed E-state index contributed by atoms with van der Waals surface area (Å²) in [6.45, 7) is 3.40. The number of carboxylic acid groups (broad SMARTS) is 1. The highest BCUT2D eigenvalue weighted by Crippen LogP contribution is 2.66. The lowest BCUT2D eigenvalue weighted by molar-refractivity contribution is -0.179. The average molecular weight is 840 g/mol. The normalized spacial score (nSPS) is 25.8. The molecule has 1 saturated carbocycles. The van der Waals surface area contributed by atoms with E-state index in [-0.39, 0.29) is 17.0 Å². The van der Waals surface area contributed by atoms with Crippen LogP contribution in [0.5, 0.6) is 5.75 Å². The number of nitrogens with zero attached hydrogens (tertiary/aromatic N) is 2. The third kappa shape index (κ3) is 7.16. The van der Waals surface area contributed by atoms with Crippen molar-refractivity contribution in [2.24, 2.45) is 11.8 Å². The second kappa shape index (κ2) is 16.8. The molecule has 2 saturated heterocycles. The summed E-state index contributed by atoms with van der Waals surface area (Å²) in [7, 11) is 1.18. The van der Waals surface area contributed by atoms with Crippen molar-refractivity contribution in [2.75, 3.05) is 12.0 Å². The summed E-state index contributed by atoms with van der Waals surface area (Å²) >= 11 is 0. The number of ether oxygens (including phenoxy) is 2. The third-order valence-electron chi connectivity index (χ3n) is 12.9. The first-order valence-corrected chi connectivity index (χ1v) is 21.0. The first-order valence-electron chi connectivity index (χ1n) is 21.0. The van der Waals surface area contributed by atoms with E-state index in [9.17, 15) is 34.5 Å². The van der Waals surface area contributed by atoms with Gasteiger partial charge in [-0.25, -0.2) is 14.5 Å². The minimum absolute atomic E-state index is 0.0257. The molecule has 1 spiro atoms. The summed E-state index contributed by atoms with van der Waals surface area (Å²) < 4.78 is 11.3. The standard InChI is InChI=1S/C49H49N3O10/c1-29(2)38(44(56)61-3)50-47(59)51-36-23-18-30(24-27-48(60)25-12-4-5-13-26-48)28-35(36)49(46(51)58)37(43(54)55)40-45(57)62-41(32-16-10-7-11-17-32)39(31-14-8-6-9-15-31)52(40)42(49)33-19-21-34(53)22-20-33/h6-11,14-23,28-29,37-42,53,60H,4-5,12-13,25-26H2,1-3H3,(H,50,59)(H,54,55). The number of morpholine rings is 1. The summed E-state index contributed by atoms with van der Waals surface area (Å²) in [4.78, 5) is 75.3. The molecule has 4 aliphatic rings. The van der Waals surface area contributed by atoms with Crippen molar-refractivity contribution < 1.29 is 48.8 Å². The lowest BCUT2D eigenvalue weighted by Crippen LogP contribution is -2.56. The Labute approximate surface area is 359 Å². The Kier molecular flexibility index (Phi) is 11.4. The number of imide groups is 1. The number of methoxy groups -OCH3 is 1.